The SMILES string of the molecule is Cc1ccc(N=C2S/C(=C\c3cc(Br)cc(Br)c3OS(=O)(=O)c3ccc(C)cc3)C(=O)N2c2ccc(C)cc2)cc1. The summed E-state index contributed by atoms with van der Waals surface area (Å²) in [5.74, 6) is -0.214. The number of thioether (sulfide) groups is 1. The van der Waals surface area contributed by atoms with Crippen LogP contribution in [-0.2, 0) is 14.9 Å². The fourth-order valence-corrected chi connectivity index (χ4v) is 7.39. The number of hydrogen-bond acceptors (Lipinski definition) is 6. The number of rotatable bonds is 6. The molecule has 0 aromatic heterocycles. The van der Waals surface area contributed by atoms with E-state index < -0.39 is 10.1 Å². The molecule has 41 heavy (non-hydrogen) atoms. The van der Waals surface area contributed by atoms with Gasteiger partial charge in [-0.1, -0.05) is 69.0 Å². The highest BCUT2D eigenvalue weighted by Crippen LogP contribution is 2.41. The predicted octanol–water partition coefficient (Wildman–Crippen LogP) is 8.71. The largest absolute Gasteiger partial charge is 0.377 e. The quantitative estimate of drug-likeness (QED) is 0.148. The normalized spacial score (nSPS) is 15.6. The first kappa shape index (κ1) is 29.3. The van der Waals surface area contributed by atoms with E-state index in [9.17, 15) is 13.2 Å². The molecule has 10 heteroatoms. The fourth-order valence-electron chi connectivity index (χ4n) is 3.98. The highest BCUT2D eigenvalue weighted by molar-refractivity contribution is 9.11. The summed E-state index contributed by atoms with van der Waals surface area (Å²) in [5, 5.41) is 0.484. The molecular formula is C31H24Br2N2O4S2. The Bertz CT molecular complexity index is 1800. The van der Waals surface area contributed by atoms with Crippen molar-refractivity contribution in [3.63, 3.8) is 0 Å². The topological polar surface area (TPSA) is 76.0 Å². The van der Waals surface area contributed by atoms with Crippen molar-refractivity contribution < 1.29 is 17.4 Å². The molecular weight excluding hydrogens is 688 g/mol. The van der Waals surface area contributed by atoms with Gasteiger partial charge in [-0.05, 0) is 103 Å². The lowest BCUT2D eigenvalue weighted by atomic mass is 10.1. The first-order chi connectivity index (χ1) is 19.5. The Morgan fingerprint density at radius 3 is 2.00 bits per heavy atom. The van der Waals surface area contributed by atoms with Crippen LogP contribution in [0, 0.1) is 20.8 Å². The number of carbonyl (C=O) groups is 1. The Balaban J connectivity index is 1.58. The molecule has 0 spiro atoms. The minimum absolute atomic E-state index is 0.0286. The second-order valence-electron chi connectivity index (χ2n) is 9.47. The average molecular weight is 712 g/mol. The molecule has 1 heterocycles. The molecule has 0 saturated carbocycles. The van der Waals surface area contributed by atoms with Crippen LogP contribution < -0.4 is 9.08 Å². The molecule has 1 amide bonds. The van der Waals surface area contributed by atoms with E-state index >= 15 is 0 Å². The van der Waals surface area contributed by atoms with Gasteiger partial charge in [0.05, 0.1) is 20.8 Å². The van der Waals surface area contributed by atoms with E-state index in [-0.39, 0.29) is 16.6 Å². The van der Waals surface area contributed by atoms with E-state index in [0.717, 1.165) is 16.7 Å². The van der Waals surface area contributed by atoms with Crippen LogP contribution in [0.5, 0.6) is 5.75 Å². The number of aryl methyl sites for hydroxylation is 3. The van der Waals surface area contributed by atoms with Crippen LogP contribution in [-0.4, -0.2) is 19.5 Å². The third-order valence-electron chi connectivity index (χ3n) is 6.18. The molecule has 1 aliphatic heterocycles. The molecule has 1 saturated heterocycles. The van der Waals surface area contributed by atoms with Gasteiger partial charge in [0, 0.05) is 10.0 Å². The van der Waals surface area contributed by atoms with Crippen molar-refractivity contribution in [2.24, 2.45) is 4.99 Å². The standard InChI is InChI=1S/C31H24Br2N2O4S2/c1-19-4-10-24(11-5-19)34-31-35(25-12-6-20(2)7-13-25)30(36)28(40-31)17-22-16-23(32)18-27(33)29(22)39-41(37,38)26-14-8-21(3)9-15-26/h4-18H,1-3H3/b28-17-,34-31?. The van der Waals surface area contributed by atoms with Gasteiger partial charge in [0.1, 0.15) is 4.90 Å². The summed E-state index contributed by atoms with van der Waals surface area (Å²) in [5.41, 5.74) is 4.89. The minimum Gasteiger partial charge on any atom is -0.377 e. The monoisotopic (exact) mass is 710 g/mol. The summed E-state index contributed by atoms with van der Waals surface area (Å²) >= 11 is 8.12. The first-order valence-corrected chi connectivity index (χ1v) is 16.3. The van der Waals surface area contributed by atoms with Gasteiger partial charge in [-0.15, -0.1) is 0 Å². The highest BCUT2D eigenvalue weighted by atomic mass is 79.9. The van der Waals surface area contributed by atoms with Crippen molar-refractivity contribution in [2.75, 3.05) is 4.90 Å². The van der Waals surface area contributed by atoms with Gasteiger partial charge >= 0.3 is 10.1 Å². The molecule has 0 N–H and O–H groups in total. The van der Waals surface area contributed by atoms with Gasteiger partial charge in [0.15, 0.2) is 10.9 Å². The Kier molecular flexibility index (Phi) is 8.56. The molecule has 1 fully saturated rings. The molecule has 1 aliphatic rings. The maximum atomic E-state index is 13.8. The lowest BCUT2D eigenvalue weighted by Crippen LogP contribution is -2.28. The van der Waals surface area contributed by atoms with Gasteiger partial charge in [-0.25, -0.2) is 4.99 Å². The van der Waals surface area contributed by atoms with Crippen LogP contribution in [0.25, 0.3) is 6.08 Å². The summed E-state index contributed by atoms with van der Waals surface area (Å²) in [6, 6.07) is 25.2. The molecule has 6 nitrogen and oxygen atoms in total. The van der Waals surface area contributed by atoms with Gasteiger partial charge in [0.25, 0.3) is 5.91 Å². The van der Waals surface area contributed by atoms with E-state index in [0.29, 0.717) is 36.0 Å². The van der Waals surface area contributed by atoms with Gasteiger partial charge in [-0.2, -0.15) is 8.42 Å². The van der Waals surface area contributed by atoms with E-state index in [2.05, 4.69) is 31.9 Å². The number of halogens is 2. The lowest BCUT2D eigenvalue weighted by Gasteiger charge is -2.16. The Hall–Kier alpha value is -3.18. The molecule has 4 aromatic rings. The summed E-state index contributed by atoms with van der Waals surface area (Å²) in [7, 11) is -4.15. The molecule has 0 bridgehead atoms. The van der Waals surface area contributed by atoms with Crippen molar-refractivity contribution in [1.82, 2.24) is 0 Å². The maximum absolute atomic E-state index is 13.8. The maximum Gasteiger partial charge on any atom is 0.339 e. The Morgan fingerprint density at radius 2 is 1.39 bits per heavy atom. The number of anilines is 1. The van der Waals surface area contributed by atoms with Gasteiger partial charge < -0.3 is 4.18 Å². The number of carbonyl (C=O) groups excluding carboxylic acids is 1. The number of amides is 1. The van der Waals surface area contributed by atoms with Gasteiger partial charge in [-0.3, -0.25) is 9.69 Å². The summed E-state index contributed by atoms with van der Waals surface area (Å²) < 4.78 is 33.1. The Labute approximate surface area is 260 Å². The number of amidine groups is 1. The molecule has 0 radical (unpaired) electrons. The third kappa shape index (κ3) is 6.67. The lowest BCUT2D eigenvalue weighted by molar-refractivity contribution is -0.113. The van der Waals surface area contributed by atoms with Crippen molar-refractivity contribution in [2.45, 2.75) is 25.7 Å². The van der Waals surface area contributed by atoms with Crippen LogP contribution in [0.4, 0.5) is 11.4 Å². The van der Waals surface area contributed by atoms with Gasteiger partial charge in [0.2, 0.25) is 0 Å². The first-order valence-electron chi connectivity index (χ1n) is 12.5. The fraction of sp³-hybridized carbons (Fsp3) is 0.0968. The van der Waals surface area contributed by atoms with E-state index in [4.69, 9.17) is 9.18 Å². The third-order valence-corrected chi connectivity index (χ3v) is 9.43. The van der Waals surface area contributed by atoms with Crippen LogP contribution in [0.2, 0.25) is 0 Å². The molecule has 5 rings (SSSR count). The van der Waals surface area contributed by atoms with Crippen LogP contribution in [0.1, 0.15) is 22.3 Å². The molecule has 0 unspecified atom stereocenters. The second kappa shape index (κ2) is 12.0. The highest BCUT2D eigenvalue weighted by Gasteiger charge is 2.35. The predicted molar refractivity (Wildman–Crippen MR) is 173 cm³/mol. The number of hydrogen-bond donors (Lipinski definition) is 0. The smallest absolute Gasteiger partial charge is 0.339 e. The summed E-state index contributed by atoms with van der Waals surface area (Å²) in [6.07, 6.45) is 1.63. The molecule has 208 valence electrons. The van der Waals surface area contributed by atoms with Crippen LogP contribution in [0.3, 0.4) is 0 Å². The zero-order valence-electron chi connectivity index (χ0n) is 22.3. The number of aliphatic imine (C=N–C) groups is 1. The Morgan fingerprint density at radius 1 is 0.829 bits per heavy atom. The van der Waals surface area contributed by atoms with E-state index in [1.54, 1.807) is 35.2 Å². The van der Waals surface area contributed by atoms with Crippen LogP contribution in [0.15, 0.2) is 109 Å². The zero-order chi connectivity index (χ0) is 29.3. The van der Waals surface area contributed by atoms with Crippen LogP contribution >= 0.6 is 43.6 Å². The second-order valence-corrected chi connectivity index (χ2v) is 13.8. The van der Waals surface area contributed by atoms with Crippen molar-refractivity contribution >= 4 is 82.3 Å². The average Bonchev–Trinajstić information content (AvgIpc) is 3.22. The molecule has 4 aromatic carbocycles. The summed E-state index contributed by atoms with van der Waals surface area (Å²) in [6.45, 7) is 5.85. The zero-order valence-corrected chi connectivity index (χ0v) is 27.1. The summed E-state index contributed by atoms with van der Waals surface area (Å²) in [4.78, 5) is 20.6. The molecule has 0 aliphatic carbocycles. The van der Waals surface area contributed by atoms with Crippen molar-refractivity contribution in [3.8, 4) is 5.75 Å². The van der Waals surface area contributed by atoms with Crippen molar-refractivity contribution in [1.29, 1.82) is 0 Å². The minimum atomic E-state index is -4.15. The van der Waals surface area contributed by atoms with E-state index in [1.807, 2.05) is 69.3 Å². The number of nitrogens with zero attached hydrogens (tertiary/aromatic N) is 2. The molecule has 0 atom stereocenters. The van der Waals surface area contributed by atoms with E-state index in [1.165, 1.54) is 23.9 Å². The number of benzene rings is 4. The van der Waals surface area contributed by atoms with Crippen molar-refractivity contribution in [3.05, 3.63) is 121 Å².